The van der Waals surface area contributed by atoms with Crippen molar-refractivity contribution in [3.8, 4) is 17.1 Å². The maximum Gasteiger partial charge on any atom is 0.230 e. The van der Waals surface area contributed by atoms with E-state index in [9.17, 15) is 4.79 Å². The highest BCUT2D eigenvalue weighted by molar-refractivity contribution is 7.99. The molecular weight excluding hydrogens is 410 g/mol. The molecule has 162 valence electrons. The molecule has 1 atom stereocenters. The van der Waals surface area contributed by atoms with Crippen molar-refractivity contribution in [3.05, 3.63) is 59.2 Å². The molecule has 3 N–H and O–H groups in total. The summed E-state index contributed by atoms with van der Waals surface area (Å²) in [5, 5.41) is 11.9. The molecule has 7 nitrogen and oxygen atoms in total. The normalized spacial score (nSPS) is 14.0. The van der Waals surface area contributed by atoms with Gasteiger partial charge in [-0.05, 0) is 73.6 Å². The molecule has 1 aliphatic rings. The molecule has 0 spiro atoms. The molecule has 0 radical (unpaired) electrons. The van der Waals surface area contributed by atoms with Crippen LogP contribution in [0.15, 0.2) is 47.6 Å². The van der Waals surface area contributed by atoms with Gasteiger partial charge in [0.15, 0.2) is 5.82 Å². The van der Waals surface area contributed by atoms with Crippen LogP contribution in [0, 0.1) is 0 Å². The number of hydrogen-bond acceptors (Lipinski definition) is 6. The number of aromatic nitrogens is 3. The number of fused-ring (bicyclic) bond motifs is 1. The number of benzene rings is 2. The Kier molecular flexibility index (Phi) is 6.46. The van der Waals surface area contributed by atoms with Crippen LogP contribution in [0.25, 0.3) is 11.4 Å². The number of nitrogens with one attached hydrogen (secondary N) is 1. The Bertz CT molecular complexity index is 1060. The maximum absolute atomic E-state index is 12.5. The summed E-state index contributed by atoms with van der Waals surface area (Å²) >= 11 is 1.27. The summed E-state index contributed by atoms with van der Waals surface area (Å²) in [5.74, 6) is 7.60. The molecule has 0 fully saturated rings. The van der Waals surface area contributed by atoms with Gasteiger partial charge in [0.2, 0.25) is 11.1 Å². The minimum atomic E-state index is -0.0655. The van der Waals surface area contributed by atoms with Crippen LogP contribution in [0.1, 0.15) is 42.5 Å². The summed E-state index contributed by atoms with van der Waals surface area (Å²) in [6.45, 7) is 2.01. The van der Waals surface area contributed by atoms with Crippen molar-refractivity contribution in [2.24, 2.45) is 0 Å². The fourth-order valence-electron chi connectivity index (χ4n) is 3.83. The number of hydrogen-bond donors (Lipinski definition) is 2. The third kappa shape index (κ3) is 4.85. The van der Waals surface area contributed by atoms with Crippen LogP contribution in [0.3, 0.4) is 0 Å². The van der Waals surface area contributed by atoms with Crippen molar-refractivity contribution in [1.29, 1.82) is 0 Å². The van der Waals surface area contributed by atoms with Gasteiger partial charge in [-0.2, -0.15) is 0 Å². The number of aryl methyl sites for hydroxylation is 2. The fraction of sp³-hybridized carbons (Fsp3) is 0.348. The van der Waals surface area contributed by atoms with Gasteiger partial charge in [-0.25, -0.2) is 4.68 Å². The summed E-state index contributed by atoms with van der Waals surface area (Å²) in [5.41, 5.74) is 4.83. The van der Waals surface area contributed by atoms with Crippen molar-refractivity contribution in [1.82, 2.24) is 20.2 Å². The average Bonchev–Trinajstić information content (AvgIpc) is 3.17. The standard InChI is InChI=1S/C23H27N5O2S/c1-15(18-8-7-16-5-3-4-6-19(16)13-18)25-21(29)14-31-23-27-26-22(28(23)24)17-9-11-20(30-2)12-10-17/h7-13,15H,3-6,14,24H2,1-2H3,(H,25,29). The summed E-state index contributed by atoms with van der Waals surface area (Å²) in [4.78, 5) is 12.5. The fourth-order valence-corrected chi connectivity index (χ4v) is 4.50. The molecule has 0 bridgehead atoms. The lowest BCUT2D eigenvalue weighted by Crippen LogP contribution is -2.28. The lowest BCUT2D eigenvalue weighted by molar-refractivity contribution is -0.119. The molecule has 31 heavy (non-hydrogen) atoms. The van der Waals surface area contributed by atoms with Crippen LogP contribution in [0.2, 0.25) is 0 Å². The zero-order chi connectivity index (χ0) is 21.8. The van der Waals surface area contributed by atoms with Crippen molar-refractivity contribution < 1.29 is 9.53 Å². The van der Waals surface area contributed by atoms with E-state index in [1.165, 1.54) is 40.4 Å². The summed E-state index contributed by atoms with van der Waals surface area (Å²) in [6.07, 6.45) is 4.79. The van der Waals surface area contributed by atoms with Crippen LogP contribution >= 0.6 is 11.8 Å². The van der Waals surface area contributed by atoms with Gasteiger partial charge in [-0.15, -0.1) is 10.2 Å². The Morgan fingerprint density at radius 1 is 1.16 bits per heavy atom. The van der Waals surface area contributed by atoms with Crippen LogP contribution in [-0.4, -0.2) is 33.6 Å². The van der Waals surface area contributed by atoms with Crippen LogP contribution in [-0.2, 0) is 17.6 Å². The van der Waals surface area contributed by atoms with Gasteiger partial charge in [0, 0.05) is 5.56 Å². The second kappa shape index (κ2) is 9.43. The minimum Gasteiger partial charge on any atom is -0.497 e. The van der Waals surface area contributed by atoms with Gasteiger partial charge in [0.25, 0.3) is 0 Å². The van der Waals surface area contributed by atoms with Crippen LogP contribution < -0.4 is 15.9 Å². The van der Waals surface area contributed by atoms with Crippen molar-refractivity contribution >= 4 is 17.7 Å². The molecule has 0 saturated heterocycles. The first-order valence-corrected chi connectivity index (χ1v) is 11.4. The lowest BCUT2D eigenvalue weighted by Gasteiger charge is -2.20. The highest BCUT2D eigenvalue weighted by Gasteiger charge is 2.17. The molecular formula is C23H27N5O2S. The number of carbonyl (C=O) groups excluding carboxylic acids is 1. The Morgan fingerprint density at radius 2 is 1.90 bits per heavy atom. The van der Waals surface area contributed by atoms with Crippen LogP contribution in [0.4, 0.5) is 0 Å². The molecule has 1 amide bonds. The van der Waals surface area contributed by atoms with Crippen LogP contribution in [0.5, 0.6) is 5.75 Å². The molecule has 8 heteroatoms. The van der Waals surface area contributed by atoms with E-state index in [4.69, 9.17) is 10.6 Å². The van der Waals surface area contributed by atoms with E-state index in [1.54, 1.807) is 7.11 Å². The largest absolute Gasteiger partial charge is 0.497 e. The quantitative estimate of drug-likeness (QED) is 0.434. The van der Waals surface area contributed by atoms with Gasteiger partial charge >= 0.3 is 0 Å². The number of rotatable bonds is 7. The predicted octanol–water partition coefficient (Wildman–Crippen LogP) is 3.52. The van der Waals surface area contributed by atoms with E-state index in [0.29, 0.717) is 11.0 Å². The van der Waals surface area contributed by atoms with Gasteiger partial charge < -0.3 is 15.9 Å². The minimum absolute atomic E-state index is 0.0501. The predicted molar refractivity (Wildman–Crippen MR) is 123 cm³/mol. The monoisotopic (exact) mass is 437 g/mol. The maximum atomic E-state index is 12.5. The van der Waals surface area contributed by atoms with E-state index in [-0.39, 0.29) is 17.7 Å². The Morgan fingerprint density at radius 3 is 2.65 bits per heavy atom. The Balaban J connectivity index is 1.35. The molecule has 0 saturated carbocycles. The number of carbonyl (C=O) groups is 1. The van der Waals surface area contributed by atoms with E-state index >= 15 is 0 Å². The number of nitrogen functional groups attached to an aromatic ring is 1. The van der Waals surface area contributed by atoms with E-state index in [2.05, 4.69) is 33.7 Å². The third-order valence-corrected chi connectivity index (χ3v) is 6.54. The van der Waals surface area contributed by atoms with E-state index < -0.39 is 0 Å². The smallest absolute Gasteiger partial charge is 0.230 e. The Labute approximate surface area is 186 Å². The second-order valence-electron chi connectivity index (χ2n) is 7.72. The van der Waals surface area contributed by atoms with Crippen molar-refractivity contribution in [3.63, 3.8) is 0 Å². The third-order valence-electron chi connectivity index (χ3n) is 5.60. The number of amides is 1. The molecule has 4 rings (SSSR count). The van der Waals surface area contributed by atoms with Gasteiger partial charge in [0.05, 0.1) is 18.9 Å². The molecule has 1 aliphatic carbocycles. The zero-order valence-electron chi connectivity index (χ0n) is 17.8. The van der Waals surface area contributed by atoms with Gasteiger partial charge in [-0.3, -0.25) is 4.79 Å². The first-order valence-electron chi connectivity index (χ1n) is 10.4. The summed E-state index contributed by atoms with van der Waals surface area (Å²) < 4.78 is 6.58. The van der Waals surface area contributed by atoms with Crippen molar-refractivity contribution in [2.75, 3.05) is 18.7 Å². The zero-order valence-corrected chi connectivity index (χ0v) is 18.6. The number of thioether (sulfide) groups is 1. The van der Waals surface area contributed by atoms with Gasteiger partial charge in [0.1, 0.15) is 5.75 Å². The number of nitrogens with zero attached hydrogens (tertiary/aromatic N) is 3. The first-order chi connectivity index (χ1) is 15.0. The van der Waals surface area contributed by atoms with Crippen molar-refractivity contribution in [2.45, 2.75) is 43.8 Å². The highest BCUT2D eigenvalue weighted by atomic mass is 32.2. The SMILES string of the molecule is COc1ccc(-c2nnc(SCC(=O)NC(C)c3ccc4c(c3)CCCC4)n2N)cc1. The molecule has 1 unspecified atom stereocenters. The first kappa shape index (κ1) is 21.2. The van der Waals surface area contributed by atoms with E-state index in [1.807, 2.05) is 31.2 Å². The molecule has 3 aromatic rings. The summed E-state index contributed by atoms with van der Waals surface area (Å²) in [6, 6.07) is 13.9. The number of ether oxygens (including phenoxy) is 1. The number of nitrogens with two attached hydrogens (primary N) is 1. The molecule has 2 aromatic carbocycles. The second-order valence-corrected chi connectivity index (χ2v) is 8.66. The average molecular weight is 438 g/mol. The molecule has 1 heterocycles. The number of methoxy groups -OCH3 is 1. The summed E-state index contributed by atoms with van der Waals surface area (Å²) in [7, 11) is 1.62. The molecule has 0 aliphatic heterocycles. The topological polar surface area (TPSA) is 95.1 Å². The van der Waals surface area contributed by atoms with Gasteiger partial charge in [-0.1, -0.05) is 30.0 Å². The lowest BCUT2D eigenvalue weighted by atomic mass is 9.89. The molecule has 1 aromatic heterocycles. The highest BCUT2D eigenvalue weighted by Crippen LogP contribution is 2.26. The Hall–Kier alpha value is -3.00. The van der Waals surface area contributed by atoms with E-state index in [0.717, 1.165) is 29.7 Å².